The molecule has 2 radical (unpaired) electrons. The quantitative estimate of drug-likeness (QED) is 0.347. The Labute approximate surface area is 276 Å². The number of amidine groups is 3. The molecule has 0 bridgehead atoms. The molecule has 0 saturated heterocycles. The minimum absolute atomic E-state index is 0.00984. The fourth-order valence-corrected chi connectivity index (χ4v) is 5.96. The lowest BCUT2D eigenvalue weighted by atomic mass is 9.84. The van der Waals surface area contributed by atoms with Crippen molar-refractivity contribution in [3.63, 3.8) is 0 Å². The van der Waals surface area contributed by atoms with Crippen molar-refractivity contribution >= 4 is 17.5 Å². The Morgan fingerprint density at radius 1 is 0.617 bits per heavy atom. The molecule has 0 saturated carbocycles. The summed E-state index contributed by atoms with van der Waals surface area (Å²) < 4.78 is 8.35. The average molecular weight is 651 g/mol. The van der Waals surface area contributed by atoms with Crippen molar-refractivity contribution in [2.75, 3.05) is 0 Å². The second-order valence-corrected chi connectivity index (χ2v) is 15.8. The Morgan fingerprint density at radius 3 is 1.43 bits per heavy atom. The maximum Gasteiger partial charge on any atom is 0.316 e. The van der Waals surface area contributed by atoms with Gasteiger partial charge in [0.05, 0.1) is 16.7 Å². The van der Waals surface area contributed by atoms with Crippen LogP contribution in [0.5, 0.6) is 5.75 Å². The number of benzene rings is 2. The van der Waals surface area contributed by atoms with Crippen LogP contribution >= 0.6 is 0 Å². The first kappa shape index (κ1) is 34.3. The fourth-order valence-electron chi connectivity index (χ4n) is 5.96. The third kappa shape index (κ3) is 4.50. The van der Waals surface area contributed by atoms with Crippen molar-refractivity contribution in [2.24, 2.45) is 0 Å². The summed E-state index contributed by atoms with van der Waals surface area (Å²) in [4.78, 5) is 0. The molecule has 0 aromatic heterocycles. The van der Waals surface area contributed by atoms with E-state index in [-0.39, 0.29) is 41.0 Å². The van der Waals surface area contributed by atoms with Crippen LogP contribution in [0.1, 0.15) is 105 Å². The maximum atomic E-state index is 13.6. The molecule has 3 heterocycles. The molecule has 2 aromatic carbocycles. The van der Waals surface area contributed by atoms with Gasteiger partial charge in [0, 0.05) is 10.4 Å². The zero-order valence-electron chi connectivity index (χ0n) is 29.3. The molecule has 254 valence electrons. The smallest absolute Gasteiger partial charge is 0.316 e. The van der Waals surface area contributed by atoms with Gasteiger partial charge in [-0.1, -0.05) is 22.3 Å². The molecule has 0 aliphatic carbocycles. The van der Waals surface area contributed by atoms with Crippen LogP contribution in [-0.2, 0) is 17.0 Å². The molecule has 3 aliphatic heterocycles. The summed E-state index contributed by atoms with van der Waals surface area (Å²) in [7, 11) is 0. The van der Waals surface area contributed by atoms with E-state index in [9.17, 15) is 31.2 Å². The Morgan fingerprint density at radius 2 is 1.04 bits per heavy atom. The maximum absolute atomic E-state index is 13.6. The summed E-state index contributed by atoms with van der Waals surface area (Å²) in [5.74, 6) is -0.0140. The molecule has 5 rings (SSSR count). The van der Waals surface area contributed by atoms with Crippen LogP contribution < -0.4 is 4.74 Å². The molecule has 1 N–H and O–H groups in total. The van der Waals surface area contributed by atoms with Crippen LogP contribution in [0, 0.1) is 15.6 Å². The monoisotopic (exact) mass is 650 g/mol. The molecular weight excluding hydrogens is 604 g/mol. The molecule has 47 heavy (non-hydrogen) atoms. The van der Waals surface area contributed by atoms with E-state index < -0.39 is 33.2 Å². The number of hydroxylamine groups is 9. The van der Waals surface area contributed by atoms with E-state index in [2.05, 4.69) is 0 Å². The van der Waals surface area contributed by atoms with Gasteiger partial charge >= 0.3 is 17.5 Å². The van der Waals surface area contributed by atoms with Crippen LogP contribution in [0.2, 0.25) is 0 Å². The zero-order chi connectivity index (χ0) is 35.4. The summed E-state index contributed by atoms with van der Waals surface area (Å²) in [6, 6.07) is 11.6. The van der Waals surface area contributed by atoms with Crippen molar-refractivity contribution in [1.82, 2.24) is 15.2 Å². The highest BCUT2D eigenvalue weighted by atomic mass is 16.6. The van der Waals surface area contributed by atoms with E-state index in [0.717, 1.165) is 9.80 Å². The molecule has 2 aromatic rings. The van der Waals surface area contributed by atoms with Crippen molar-refractivity contribution in [3.8, 4) is 5.75 Å². The first-order chi connectivity index (χ1) is 21.3. The molecule has 0 unspecified atom stereocenters. The summed E-state index contributed by atoms with van der Waals surface area (Å²) in [5, 5.41) is 81.0. The minimum atomic E-state index is -1.10. The molecule has 13 heteroatoms. The molecule has 13 nitrogen and oxygen atoms in total. The van der Waals surface area contributed by atoms with Crippen molar-refractivity contribution < 1.29 is 34.6 Å². The van der Waals surface area contributed by atoms with Gasteiger partial charge in [-0.05, 0) is 119 Å². The third-order valence-corrected chi connectivity index (χ3v) is 11.7. The van der Waals surface area contributed by atoms with Crippen LogP contribution in [0.15, 0.2) is 42.5 Å². The highest BCUT2D eigenvalue weighted by Crippen LogP contribution is 2.41. The average Bonchev–Trinajstić information content (AvgIpc) is 3.25. The van der Waals surface area contributed by atoms with E-state index in [1.165, 1.54) is 18.2 Å². The lowest BCUT2D eigenvalue weighted by molar-refractivity contribution is -0.539. The van der Waals surface area contributed by atoms with Crippen molar-refractivity contribution in [1.29, 1.82) is 0 Å². The first-order valence-electron chi connectivity index (χ1n) is 15.7. The van der Waals surface area contributed by atoms with E-state index in [4.69, 9.17) is 4.74 Å². The second-order valence-electron chi connectivity index (χ2n) is 15.8. The SMILES string of the molecule is CC1(C)N([O])C(c2cc(OCc3cccc(C4=[N+]([O-])C(C)(C)C(C)(C)N4O)c3)cc(C3=[N+]([O-])C(C)(C)C(C)(C)N3[O])c2)=[N+]([O-])C1(C)C. The lowest BCUT2D eigenvalue weighted by Crippen LogP contribution is -2.53. The third-order valence-electron chi connectivity index (χ3n) is 11.7. The summed E-state index contributed by atoms with van der Waals surface area (Å²) in [6.07, 6.45) is 0. The number of ether oxygens (including phenoxy) is 1. The number of hydrogen-bond donors (Lipinski definition) is 1. The molecule has 0 spiro atoms. The Balaban J connectivity index is 1.59. The van der Waals surface area contributed by atoms with Crippen molar-refractivity contribution in [2.45, 2.75) is 123 Å². The number of rotatable bonds is 6. The van der Waals surface area contributed by atoms with Gasteiger partial charge in [0.1, 0.15) is 29.0 Å². The lowest BCUT2D eigenvalue weighted by Gasteiger charge is -2.33. The Bertz CT molecular complexity index is 1670. The number of nitrogens with zero attached hydrogens (tertiary/aromatic N) is 6. The molecular formula is C34H46N6O7. The van der Waals surface area contributed by atoms with Crippen LogP contribution in [0.25, 0.3) is 0 Å². The van der Waals surface area contributed by atoms with E-state index in [1.54, 1.807) is 107 Å². The molecule has 3 aliphatic rings. The fraction of sp³-hybridized carbons (Fsp3) is 0.559. The number of hydrogen-bond acceptors (Lipinski definition) is 8. The molecule has 0 atom stereocenters. The predicted octanol–water partition coefficient (Wildman–Crippen LogP) is 4.73. The second kappa shape index (κ2) is 10.2. The van der Waals surface area contributed by atoms with E-state index in [1.807, 2.05) is 0 Å². The van der Waals surface area contributed by atoms with E-state index in [0.29, 0.717) is 30.7 Å². The van der Waals surface area contributed by atoms with E-state index >= 15 is 0 Å². The summed E-state index contributed by atoms with van der Waals surface area (Å²) in [6.45, 7) is 20.6. The highest BCUT2D eigenvalue weighted by molar-refractivity contribution is 6.02. The normalized spacial score (nSPS) is 23.8. The van der Waals surface area contributed by atoms with Crippen molar-refractivity contribution in [3.05, 3.63) is 80.3 Å². The van der Waals surface area contributed by atoms with Crippen LogP contribution in [-0.4, -0.2) is 85.4 Å². The highest BCUT2D eigenvalue weighted by Gasteiger charge is 2.62. The van der Waals surface area contributed by atoms with Gasteiger partial charge in [0.2, 0.25) is 0 Å². The van der Waals surface area contributed by atoms with Gasteiger partial charge in [-0.25, -0.2) is 5.21 Å². The standard InChI is InChI=1S/C34H46N6O7/c1-29(2)30(3,4)36(42)26(35(29)41)22-15-13-14-21(16-22)20-47-25-18-23(27-37(43)31(5,6)32(7,8)38(27)44)17-24(19-25)28-39(45)33(9,10)34(11,12)40(28)46/h13-19,41H,20H2,1-12H3. The molecule has 0 fully saturated rings. The summed E-state index contributed by atoms with van der Waals surface area (Å²) >= 11 is 0. The largest absolute Gasteiger partial charge is 0.714 e. The zero-order valence-corrected chi connectivity index (χ0v) is 29.3. The predicted molar refractivity (Wildman–Crippen MR) is 174 cm³/mol. The topological polar surface area (TPSA) is 157 Å². The minimum Gasteiger partial charge on any atom is -0.714 e. The Kier molecular flexibility index (Phi) is 7.45. The summed E-state index contributed by atoms with van der Waals surface area (Å²) in [5.41, 5.74) is -4.66. The van der Waals surface area contributed by atoms with Gasteiger partial charge < -0.3 is 20.4 Å². The van der Waals surface area contributed by atoms with Gasteiger partial charge in [-0.2, -0.15) is 0 Å². The first-order valence-corrected chi connectivity index (χ1v) is 15.7. The Hall–Kier alpha value is -4.07. The van der Waals surface area contributed by atoms with Gasteiger partial charge in [0.15, 0.2) is 16.6 Å². The molecule has 0 amide bonds. The van der Waals surface area contributed by atoms with Gasteiger partial charge in [-0.3, -0.25) is 14.2 Å². The van der Waals surface area contributed by atoms with Crippen LogP contribution in [0.4, 0.5) is 0 Å². The van der Waals surface area contributed by atoms with Gasteiger partial charge in [0.25, 0.3) is 0 Å². The van der Waals surface area contributed by atoms with Gasteiger partial charge in [-0.15, -0.1) is 5.06 Å². The van der Waals surface area contributed by atoms with Crippen LogP contribution in [0.3, 0.4) is 0 Å².